The molecule has 0 spiro atoms. The molecule has 1 aromatic heterocycles. The summed E-state index contributed by atoms with van der Waals surface area (Å²) in [5, 5.41) is 0.946. The fourth-order valence-corrected chi connectivity index (χ4v) is 2.78. The average molecular weight is 259 g/mol. The molecule has 18 heavy (non-hydrogen) atoms. The SMILES string of the molecule is Cc1ccc(Sc2ncnc(N)c2C(C)C)cc1. The van der Waals surface area contributed by atoms with E-state index in [0.717, 1.165) is 10.6 Å². The summed E-state index contributed by atoms with van der Waals surface area (Å²) in [5.41, 5.74) is 8.22. The Kier molecular flexibility index (Phi) is 3.87. The minimum Gasteiger partial charge on any atom is -0.383 e. The van der Waals surface area contributed by atoms with Gasteiger partial charge in [-0.1, -0.05) is 43.3 Å². The van der Waals surface area contributed by atoms with Crippen molar-refractivity contribution in [1.29, 1.82) is 0 Å². The molecular formula is C14H17N3S. The molecular weight excluding hydrogens is 242 g/mol. The van der Waals surface area contributed by atoms with Crippen molar-refractivity contribution in [3.63, 3.8) is 0 Å². The number of rotatable bonds is 3. The van der Waals surface area contributed by atoms with Gasteiger partial charge in [-0.25, -0.2) is 9.97 Å². The van der Waals surface area contributed by atoms with E-state index in [-0.39, 0.29) is 0 Å². The molecule has 94 valence electrons. The molecule has 4 heteroatoms. The van der Waals surface area contributed by atoms with Crippen LogP contribution in [0.3, 0.4) is 0 Å². The van der Waals surface area contributed by atoms with Crippen LogP contribution in [0.1, 0.15) is 30.9 Å². The van der Waals surface area contributed by atoms with Crippen molar-refractivity contribution >= 4 is 17.6 Å². The lowest BCUT2D eigenvalue weighted by atomic mass is 10.1. The van der Waals surface area contributed by atoms with E-state index >= 15 is 0 Å². The van der Waals surface area contributed by atoms with Gasteiger partial charge in [-0.05, 0) is 25.0 Å². The Balaban J connectivity index is 2.34. The van der Waals surface area contributed by atoms with Crippen LogP contribution in [0.4, 0.5) is 5.82 Å². The number of nitrogens with zero attached hydrogens (tertiary/aromatic N) is 2. The predicted molar refractivity (Wildman–Crippen MR) is 75.8 cm³/mol. The summed E-state index contributed by atoms with van der Waals surface area (Å²) >= 11 is 1.63. The van der Waals surface area contributed by atoms with Gasteiger partial charge in [0.25, 0.3) is 0 Å². The van der Waals surface area contributed by atoms with E-state index in [9.17, 15) is 0 Å². The molecule has 0 radical (unpaired) electrons. The highest BCUT2D eigenvalue weighted by Crippen LogP contribution is 2.34. The molecule has 0 aliphatic rings. The molecule has 0 saturated heterocycles. The molecule has 0 bridgehead atoms. The zero-order chi connectivity index (χ0) is 13.1. The van der Waals surface area contributed by atoms with Crippen molar-refractivity contribution < 1.29 is 0 Å². The number of aryl methyl sites for hydroxylation is 1. The van der Waals surface area contributed by atoms with E-state index in [1.165, 1.54) is 16.8 Å². The van der Waals surface area contributed by atoms with Crippen molar-refractivity contribution in [3.05, 3.63) is 41.7 Å². The second-order valence-corrected chi connectivity index (χ2v) is 5.61. The van der Waals surface area contributed by atoms with E-state index in [1.807, 2.05) is 0 Å². The summed E-state index contributed by atoms with van der Waals surface area (Å²) < 4.78 is 0. The van der Waals surface area contributed by atoms with E-state index < -0.39 is 0 Å². The number of benzene rings is 1. The van der Waals surface area contributed by atoms with Gasteiger partial charge in [-0.2, -0.15) is 0 Å². The van der Waals surface area contributed by atoms with Gasteiger partial charge in [0.1, 0.15) is 17.2 Å². The monoisotopic (exact) mass is 259 g/mol. The molecule has 2 N–H and O–H groups in total. The highest BCUT2D eigenvalue weighted by molar-refractivity contribution is 7.99. The predicted octanol–water partition coefficient (Wildman–Crippen LogP) is 3.64. The van der Waals surface area contributed by atoms with Crippen LogP contribution in [-0.4, -0.2) is 9.97 Å². The fourth-order valence-electron chi connectivity index (χ4n) is 1.73. The van der Waals surface area contributed by atoms with Crippen LogP contribution in [0.25, 0.3) is 0 Å². The Bertz CT molecular complexity index is 535. The summed E-state index contributed by atoms with van der Waals surface area (Å²) in [6.07, 6.45) is 1.53. The number of aromatic nitrogens is 2. The Hall–Kier alpha value is -1.55. The van der Waals surface area contributed by atoms with Crippen molar-refractivity contribution in [3.8, 4) is 0 Å². The Morgan fingerprint density at radius 2 is 1.78 bits per heavy atom. The molecule has 0 aliphatic carbocycles. The van der Waals surface area contributed by atoms with Crippen LogP contribution >= 0.6 is 11.8 Å². The third-order valence-corrected chi connectivity index (χ3v) is 3.72. The molecule has 0 unspecified atom stereocenters. The first-order chi connectivity index (χ1) is 8.58. The maximum absolute atomic E-state index is 5.94. The van der Waals surface area contributed by atoms with Crippen molar-refractivity contribution in [2.45, 2.75) is 36.6 Å². The van der Waals surface area contributed by atoms with Gasteiger partial charge >= 0.3 is 0 Å². The standard InChI is InChI=1S/C14H17N3S/c1-9(2)12-13(15)16-8-17-14(12)18-11-6-4-10(3)5-7-11/h4-9H,1-3H3,(H2,15,16,17). The minimum absolute atomic E-state index is 0.319. The number of anilines is 1. The zero-order valence-corrected chi connectivity index (χ0v) is 11.7. The largest absolute Gasteiger partial charge is 0.383 e. The molecule has 2 aromatic rings. The second-order valence-electron chi connectivity index (χ2n) is 4.55. The van der Waals surface area contributed by atoms with Crippen molar-refractivity contribution in [2.24, 2.45) is 0 Å². The third-order valence-electron chi connectivity index (χ3n) is 2.69. The summed E-state index contributed by atoms with van der Waals surface area (Å²) in [7, 11) is 0. The number of hydrogen-bond acceptors (Lipinski definition) is 4. The second kappa shape index (κ2) is 5.40. The van der Waals surface area contributed by atoms with Crippen LogP contribution in [0.15, 0.2) is 40.5 Å². The van der Waals surface area contributed by atoms with Crippen LogP contribution in [0, 0.1) is 6.92 Å². The summed E-state index contributed by atoms with van der Waals surface area (Å²) in [4.78, 5) is 9.59. The maximum atomic E-state index is 5.94. The molecule has 0 aliphatic heterocycles. The lowest BCUT2D eigenvalue weighted by Gasteiger charge is -2.12. The van der Waals surface area contributed by atoms with E-state index in [1.54, 1.807) is 11.8 Å². The van der Waals surface area contributed by atoms with Crippen molar-refractivity contribution in [2.75, 3.05) is 5.73 Å². The highest BCUT2D eigenvalue weighted by Gasteiger charge is 2.13. The van der Waals surface area contributed by atoms with Gasteiger partial charge in [0.15, 0.2) is 0 Å². The lowest BCUT2D eigenvalue weighted by Crippen LogP contribution is -2.03. The van der Waals surface area contributed by atoms with E-state index in [4.69, 9.17) is 5.73 Å². The first kappa shape index (κ1) is 12.9. The minimum atomic E-state index is 0.319. The molecule has 0 atom stereocenters. The maximum Gasteiger partial charge on any atom is 0.131 e. The Labute approximate surface area is 112 Å². The molecule has 1 aromatic carbocycles. The smallest absolute Gasteiger partial charge is 0.131 e. The van der Waals surface area contributed by atoms with Crippen LogP contribution in [0.2, 0.25) is 0 Å². The average Bonchev–Trinajstić information content (AvgIpc) is 2.32. The Morgan fingerprint density at radius 3 is 2.39 bits per heavy atom. The van der Waals surface area contributed by atoms with Gasteiger partial charge in [-0.15, -0.1) is 0 Å². The van der Waals surface area contributed by atoms with Crippen LogP contribution in [0.5, 0.6) is 0 Å². The molecule has 2 rings (SSSR count). The van der Waals surface area contributed by atoms with Crippen LogP contribution in [-0.2, 0) is 0 Å². The molecule has 0 saturated carbocycles. The number of nitrogen functional groups attached to an aromatic ring is 1. The number of hydrogen-bond donors (Lipinski definition) is 1. The fraction of sp³-hybridized carbons (Fsp3) is 0.286. The van der Waals surface area contributed by atoms with Gasteiger partial charge in [0.2, 0.25) is 0 Å². The van der Waals surface area contributed by atoms with E-state index in [2.05, 4.69) is 55.0 Å². The number of nitrogens with two attached hydrogens (primary N) is 1. The molecule has 1 heterocycles. The Morgan fingerprint density at radius 1 is 1.11 bits per heavy atom. The normalized spacial score (nSPS) is 10.9. The first-order valence-corrected chi connectivity index (χ1v) is 6.74. The van der Waals surface area contributed by atoms with Crippen molar-refractivity contribution in [1.82, 2.24) is 9.97 Å². The van der Waals surface area contributed by atoms with Gasteiger partial charge in [0, 0.05) is 10.5 Å². The van der Waals surface area contributed by atoms with Gasteiger partial charge < -0.3 is 5.73 Å². The third kappa shape index (κ3) is 2.82. The van der Waals surface area contributed by atoms with Crippen LogP contribution < -0.4 is 5.73 Å². The van der Waals surface area contributed by atoms with Gasteiger partial charge in [-0.3, -0.25) is 0 Å². The summed E-state index contributed by atoms with van der Waals surface area (Å²) in [6.45, 7) is 6.29. The topological polar surface area (TPSA) is 51.8 Å². The van der Waals surface area contributed by atoms with Gasteiger partial charge in [0.05, 0.1) is 0 Å². The molecule has 3 nitrogen and oxygen atoms in total. The lowest BCUT2D eigenvalue weighted by molar-refractivity contribution is 0.808. The van der Waals surface area contributed by atoms with E-state index in [0.29, 0.717) is 11.7 Å². The summed E-state index contributed by atoms with van der Waals surface area (Å²) in [6, 6.07) is 8.40. The summed E-state index contributed by atoms with van der Waals surface area (Å²) in [5.74, 6) is 0.897. The highest BCUT2D eigenvalue weighted by atomic mass is 32.2. The molecule has 0 fully saturated rings. The molecule has 0 amide bonds. The first-order valence-electron chi connectivity index (χ1n) is 5.93. The quantitative estimate of drug-likeness (QED) is 0.855. The zero-order valence-electron chi connectivity index (χ0n) is 10.8.